The van der Waals surface area contributed by atoms with E-state index in [1.807, 2.05) is 42.5 Å². The first-order valence-electron chi connectivity index (χ1n) is 6.73. The molecule has 0 atom stereocenters. The van der Waals surface area contributed by atoms with E-state index < -0.39 is 6.09 Å². The summed E-state index contributed by atoms with van der Waals surface area (Å²) >= 11 is 0. The third-order valence-corrected chi connectivity index (χ3v) is 2.65. The molecular formula is C16H17N3O2. The molecule has 0 aliphatic carbocycles. The summed E-state index contributed by atoms with van der Waals surface area (Å²) in [5, 5.41) is 2.69. The Kier molecular flexibility index (Phi) is 5.94. The van der Waals surface area contributed by atoms with Crippen molar-refractivity contribution in [1.82, 2.24) is 15.3 Å². The van der Waals surface area contributed by atoms with Crippen molar-refractivity contribution in [2.75, 3.05) is 6.54 Å². The average molecular weight is 283 g/mol. The molecule has 108 valence electrons. The van der Waals surface area contributed by atoms with Crippen LogP contribution in [0.4, 0.5) is 4.79 Å². The first-order chi connectivity index (χ1) is 10.3. The normalized spacial score (nSPS) is 10.5. The van der Waals surface area contributed by atoms with E-state index in [0.29, 0.717) is 18.8 Å². The highest BCUT2D eigenvalue weighted by atomic mass is 16.5. The number of hydrogen-bond acceptors (Lipinski definition) is 4. The van der Waals surface area contributed by atoms with Crippen molar-refractivity contribution >= 4 is 12.2 Å². The van der Waals surface area contributed by atoms with E-state index in [1.54, 1.807) is 18.5 Å². The molecule has 0 radical (unpaired) electrons. The maximum atomic E-state index is 11.5. The largest absolute Gasteiger partial charge is 0.445 e. The van der Waals surface area contributed by atoms with Crippen LogP contribution in [0.3, 0.4) is 0 Å². The van der Waals surface area contributed by atoms with Crippen molar-refractivity contribution in [1.29, 1.82) is 0 Å². The number of nitrogens with one attached hydrogen (secondary N) is 1. The molecule has 0 aliphatic rings. The molecule has 1 heterocycles. The Morgan fingerprint density at radius 2 is 1.90 bits per heavy atom. The molecule has 1 aromatic heterocycles. The summed E-state index contributed by atoms with van der Waals surface area (Å²) in [6, 6.07) is 11.3. The van der Waals surface area contributed by atoms with Crippen LogP contribution in [0.15, 0.2) is 54.9 Å². The number of nitrogens with zero attached hydrogens (tertiary/aromatic N) is 2. The number of rotatable bonds is 6. The fourth-order valence-electron chi connectivity index (χ4n) is 1.62. The minimum atomic E-state index is -0.414. The van der Waals surface area contributed by atoms with Crippen LogP contribution in [0.25, 0.3) is 6.08 Å². The van der Waals surface area contributed by atoms with Gasteiger partial charge in [0, 0.05) is 18.9 Å². The van der Waals surface area contributed by atoms with E-state index in [1.165, 1.54) is 0 Å². The minimum absolute atomic E-state index is 0.278. The predicted molar refractivity (Wildman–Crippen MR) is 80.3 cm³/mol. The third kappa shape index (κ3) is 5.86. The molecule has 1 amide bonds. The molecule has 1 aromatic carbocycles. The van der Waals surface area contributed by atoms with E-state index in [2.05, 4.69) is 15.3 Å². The summed E-state index contributed by atoms with van der Waals surface area (Å²) in [4.78, 5) is 19.6. The third-order valence-electron chi connectivity index (χ3n) is 2.65. The van der Waals surface area contributed by atoms with Gasteiger partial charge in [0.1, 0.15) is 6.61 Å². The van der Waals surface area contributed by atoms with Gasteiger partial charge in [-0.3, -0.25) is 0 Å². The summed E-state index contributed by atoms with van der Waals surface area (Å²) < 4.78 is 5.09. The molecule has 0 saturated carbocycles. The monoisotopic (exact) mass is 283 g/mol. The lowest BCUT2D eigenvalue weighted by Gasteiger charge is -2.05. The van der Waals surface area contributed by atoms with Gasteiger partial charge in [-0.15, -0.1) is 0 Å². The van der Waals surface area contributed by atoms with Gasteiger partial charge in [-0.25, -0.2) is 14.8 Å². The zero-order valence-electron chi connectivity index (χ0n) is 11.6. The number of aromatic nitrogens is 2. The molecule has 0 spiro atoms. The van der Waals surface area contributed by atoms with Crippen LogP contribution in [0.2, 0.25) is 0 Å². The van der Waals surface area contributed by atoms with Crippen molar-refractivity contribution in [3.05, 3.63) is 66.3 Å². The highest BCUT2D eigenvalue weighted by Crippen LogP contribution is 2.00. The van der Waals surface area contributed by atoms with Gasteiger partial charge in [-0.05, 0) is 24.1 Å². The lowest BCUT2D eigenvalue weighted by molar-refractivity contribution is 0.140. The number of alkyl carbamates (subject to hydrolysis) is 1. The number of amides is 1. The van der Waals surface area contributed by atoms with E-state index >= 15 is 0 Å². The van der Waals surface area contributed by atoms with Crippen LogP contribution < -0.4 is 5.32 Å². The Morgan fingerprint density at radius 1 is 1.14 bits per heavy atom. The van der Waals surface area contributed by atoms with Crippen molar-refractivity contribution < 1.29 is 9.53 Å². The number of ether oxygens (including phenoxy) is 1. The molecule has 0 unspecified atom stereocenters. The van der Waals surface area contributed by atoms with Crippen LogP contribution in [0, 0.1) is 0 Å². The van der Waals surface area contributed by atoms with Gasteiger partial charge in [0.25, 0.3) is 0 Å². The molecule has 5 nitrogen and oxygen atoms in total. The van der Waals surface area contributed by atoms with Crippen LogP contribution in [0.5, 0.6) is 0 Å². The minimum Gasteiger partial charge on any atom is -0.445 e. The highest BCUT2D eigenvalue weighted by Gasteiger charge is 2.00. The second-order valence-corrected chi connectivity index (χ2v) is 4.29. The van der Waals surface area contributed by atoms with Gasteiger partial charge in [-0.2, -0.15) is 0 Å². The molecular weight excluding hydrogens is 266 g/mol. The van der Waals surface area contributed by atoms with Crippen molar-refractivity contribution in [3.63, 3.8) is 0 Å². The van der Waals surface area contributed by atoms with E-state index in [4.69, 9.17) is 4.74 Å². The SMILES string of the molecule is O=C(NCCC=Cc1ncccn1)OCc1ccccc1. The van der Waals surface area contributed by atoms with E-state index in [-0.39, 0.29) is 6.61 Å². The first-order valence-corrected chi connectivity index (χ1v) is 6.73. The van der Waals surface area contributed by atoms with Gasteiger partial charge >= 0.3 is 6.09 Å². The highest BCUT2D eigenvalue weighted by molar-refractivity contribution is 5.67. The van der Waals surface area contributed by atoms with Gasteiger partial charge in [-0.1, -0.05) is 36.4 Å². The van der Waals surface area contributed by atoms with Gasteiger partial charge in [0.2, 0.25) is 0 Å². The van der Waals surface area contributed by atoms with Crippen LogP contribution >= 0.6 is 0 Å². The standard InChI is InChI=1S/C16H17N3O2/c20-16(21-13-14-7-2-1-3-8-14)19-10-5-4-9-15-17-11-6-12-18-15/h1-4,6-9,11-12H,5,10,13H2,(H,19,20). The Morgan fingerprint density at radius 3 is 2.67 bits per heavy atom. The summed E-state index contributed by atoms with van der Waals surface area (Å²) in [5.41, 5.74) is 0.966. The van der Waals surface area contributed by atoms with Gasteiger partial charge in [0.15, 0.2) is 5.82 Å². The van der Waals surface area contributed by atoms with E-state index in [9.17, 15) is 4.79 Å². The van der Waals surface area contributed by atoms with Crippen LogP contribution in [-0.4, -0.2) is 22.6 Å². The quantitative estimate of drug-likeness (QED) is 0.828. The number of carbonyl (C=O) groups excluding carboxylic acids is 1. The van der Waals surface area contributed by atoms with Gasteiger partial charge < -0.3 is 10.1 Å². The fraction of sp³-hybridized carbons (Fsp3) is 0.188. The molecule has 0 aliphatic heterocycles. The molecule has 0 fully saturated rings. The van der Waals surface area contributed by atoms with Crippen molar-refractivity contribution in [2.24, 2.45) is 0 Å². The average Bonchev–Trinajstić information content (AvgIpc) is 2.54. The molecule has 5 heteroatoms. The zero-order chi connectivity index (χ0) is 14.8. The molecule has 2 aromatic rings. The Bertz CT molecular complexity index is 571. The molecule has 2 rings (SSSR count). The zero-order valence-corrected chi connectivity index (χ0v) is 11.6. The smallest absolute Gasteiger partial charge is 0.407 e. The van der Waals surface area contributed by atoms with Crippen LogP contribution in [-0.2, 0) is 11.3 Å². The number of carbonyl (C=O) groups is 1. The molecule has 0 saturated heterocycles. The topological polar surface area (TPSA) is 64.1 Å². The first kappa shape index (κ1) is 14.7. The Hall–Kier alpha value is -2.69. The fourth-order valence-corrected chi connectivity index (χ4v) is 1.62. The van der Waals surface area contributed by atoms with Crippen molar-refractivity contribution in [3.8, 4) is 0 Å². The second kappa shape index (κ2) is 8.47. The predicted octanol–water partition coefficient (Wildman–Crippen LogP) is 2.81. The lowest BCUT2D eigenvalue weighted by atomic mass is 10.2. The maximum absolute atomic E-state index is 11.5. The van der Waals surface area contributed by atoms with Crippen molar-refractivity contribution in [2.45, 2.75) is 13.0 Å². The number of benzene rings is 1. The summed E-state index contributed by atoms with van der Waals surface area (Å²) in [5.74, 6) is 0.657. The Labute approximate surface area is 123 Å². The summed E-state index contributed by atoms with van der Waals surface area (Å²) in [6.45, 7) is 0.789. The summed E-state index contributed by atoms with van der Waals surface area (Å²) in [6.07, 6.45) is 7.38. The van der Waals surface area contributed by atoms with E-state index in [0.717, 1.165) is 5.56 Å². The van der Waals surface area contributed by atoms with Crippen LogP contribution in [0.1, 0.15) is 17.8 Å². The Balaban J connectivity index is 1.60. The second-order valence-electron chi connectivity index (χ2n) is 4.29. The molecule has 1 N–H and O–H groups in total. The lowest BCUT2D eigenvalue weighted by Crippen LogP contribution is -2.24. The van der Waals surface area contributed by atoms with Gasteiger partial charge in [0.05, 0.1) is 0 Å². The maximum Gasteiger partial charge on any atom is 0.407 e. The molecule has 21 heavy (non-hydrogen) atoms. The number of hydrogen-bond donors (Lipinski definition) is 1. The molecule has 0 bridgehead atoms. The summed E-state index contributed by atoms with van der Waals surface area (Å²) in [7, 11) is 0.